The highest BCUT2D eigenvalue weighted by Gasteiger charge is 2.07. The molecule has 6 heteroatoms. The number of hydrogen-bond acceptors (Lipinski definition) is 3. The lowest BCUT2D eigenvalue weighted by atomic mass is 10.2. The van der Waals surface area contributed by atoms with Gasteiger partial charge in [-0.15, -0.1) is 0 Å². The average Bonchev–Trinajstić information content (AvgIpc) is 2.36. The lowest BCUT2D eigenvalue weighted by Gasteiger charge is -2.07. The van der Waals surface area contributed by atoms with E-state index in [1.807, 2.05) is 25.1 Å². The fourth-order valence-corrected chi connectivity index (χ4v) is 1.60. The molecule has 20 heavy (non-hydrogen) atoms. The zero-order valence-electron chi connectivity index (χ0n) is 11.3. The van der Waals surface area contributed by atoms with Crippen LogP contribution < -0.4 is 10.6 Å². The van der Waals surface area contributed by atoms with E-state index in [0.717, 1.165) is 5.56 Å². The molecular formula is C14H18N2O4. The fourth-order valence-electron chi connectivity index (χ4n) is 1.60. The number of carboxylic acids is 1. The molecule has 0 bridgehead atoms. The van der Waals surface area contributed by atoms with Gasteiger partial charge in [0, 0.05) is 18.5 Å². The second kappa shape index (κ2) is 7.93. The number of nitrogens with one attached hydrogen (secondary N) is 2. The number of urea groups is 1. The number of carbonyl (C=O) groups excluding carboxylic acids is 2. The number of aliphatic carboxylic acids is 1. The largest absolute Gasteiger partial charge is 0.481 e. The van der Waals surface area contributed by atoms with Gasteiger partial charge in [0.05, 0.1) is 6.54 Å². The Morgan fingerprint density at radius 3 is 2.60 bits per heavy atom. The predicted molar refractivity (Wildman–Crippen MR) is 74.7 cm³/mol. The van der Waals surface area contributed by atoms with Crippen molar-refractivity contribution in [3.05, 3.63) is 29.8 Å². The summed E-state index contributed by atoms with van der Waals surface area (Å²) in [6.07, 6.45) is 0.396. The summed E-state index contributed by atoms with van der Waals surface area (Å²) < 4.78 is 0. The topological polar surface area (TPSA) is 95.5 Å². The van der Waals surface area contributed by atoms with Crippen molar-refractivity contribution in [3.8, 4) is 0 Å². The quantitative estimate of drug-likeness (QED) is 0.710. The van der Waals surface area contributed by atoms with Crippen molar-refractivity contribution in [1.29, 1.82) is 0 Å². The standard InChI is InChI=1S/C14H18N2O4/c1-10-4-2-5-11(8-10)16-14(20)15-9-12(17)6-3-7-13(18)19/h2,4-5,8H,3,6-7,9H2,1H3,(H,18,19)(H2,15,16,20). The molecule has 0 saturated carbocycles. The molecule has 108 valence electrons. The average molecular weight is 278 g/mol. The number of hydrogen-bond donors (Lipinski definition) is 3. The van der Waals surface area contributed by atoms with E-state index in [1.165, 1.54) is 0 Å². The molecule has 0 aliphatic heterocycles. The molecule has 0 saturated heterocycles. The molecule has 0 aliphatic rings. The van der Waals surface area contributed by atoms with Crippen molar-refractivity contribution >= 4 is 23.5 Å². The van der Waals surface area contributed by atoms with Crippen LogP contribution in [0, 0.1) is 6.92 Å². The van der Waals surface area contributed by atoms with Gasteiger partial charge in [-0.05, 0) is 31.0 Å². The molecule has 1 rings (SSSR count). The second-order valence-electron chi connectivity index (χ2n) is 4.46. The zero-order valence-corrected chi connectivity index (χ0v) is 11.3. The minimum Gasteiger partial charge on any atom is -0.481 e. The predicted octanol–water partition coefficient (Wildman–Crippen LogP) is 1.94. The molecule has 0 aliphatic carbocycles. The number of carbonyl (C=O) groups is 3. The van der Waals surface area contributed by atoms with Gasteiger partial charge in [-0.2, -0.15) is 0 Å². The van der Waals surface area contributed by atoms with Crippen molar-refractivity contribution in [2.24, 2.45) is 0 Å². The van der Waals surface area contributed by atoms with Crippen LogP contribution in [0.4, 0.5) is 10.5 Å². The van der Waals surface area contributed by atoms with E-state index < -0.39 is 12.0 Å². The van der Waals surface area contributed by atoms with Crippen molar-refractivity contribution in [3.63, 3.8) is 0 Å². The van der Waals surface area contributed by atoms with Crippen LogP contribution in [0.5, 0.6) is 0 Å². The van der Waals surface area contributed by atoms with Crippen LogP contribution in [0.3, 0.4) is 0 Å². The van der Waals surface area contributed by atoms with E-state index in [0.29, 0.717) is 5.69 Å². The van der Waals surface area contributed by atoms with Crippen molar-refractivity contribution < 1.29 is 19.5 Å². The lowest BCUT2D eigenvalue weighted by Crippen LogP contribution is -2.33. The van der Waals surface area contributed by atoms with E-state index in [2.05, 4.69) is 10.6 Å². The molecule has 1 aromatic rings. The van der Waals surface area contributed by atoms with E-state index in [1.54, 1.807) is 6.07 Å². The lowest BCUT2D eigenvalue weighted by molar-refractivity contribution is -0.137. The Labute approximate surface area is 117 Å². The highest BCUT2D eigenvalue weighted by Crippen LogP contribution is 2.08. The number of anilines is 1. The summed E-state index contributed by atoms with van der Waals surface area (Å²) in [5.41, 5.74) is 1.67. The molecule has 0 aromatic heterocycles. The van der Waals surface area contributed by atoms with Gasteiger partial charge < -0.3 is 15.7 Å². The van der Waals surface area contributed by atoms with Gasteiger partial charge in [0.15, 0.2) is 5.78 Å². The molecule has 6 nitrogen and oxygen atoms in total. The molecule has 0 unspecified atom stereocenters. The summed E-state index contributed by atoms with van der Waals surface area (Å²) in [5.74, 6) is -1.12. The van der Waals surface area contributed by atoms with E-state index in [9.17, 15) is 14.4 Å². The Bertz CT molecular complexity index is 500. The molecule has 0 fully saturated rings. The van der Waals surface area contributed by atoms with Crippen LogP contribution >= 0.6 is 0 Å². The summed E-state index contributed by atoms with van der Waals surface area (Å²) in [5, 5.41) is 13.5. The van der Waals surface area contributed by atoms with E-state index in [4.69, 9.17) is 5.11 Å². The Kier molecular flexibility index (Phi) is 6.22. The minimum absolute atomic E-state index is 0.0404. The highest BCUT2D eigenvalue weighted by molar-refractivity contribution is 5.92. The first-order valence-electron chi connectivity index (χ1n) is 6.32. The van der Waals surface area contributed by atoms with Crippen LogP contribution in [0.1, 0.15) is 24.8 Å². The molecule has 0 heterocycles. The Hall–Kier alpha value is -2.37. The van der Waals surface area contributed by atoms with E-state index in [-0.39, 0.29) is 31.6 Å². The van der Waals surface area contributed by atoms with Gasteiger partial charge in [0.25, 0.3) is 0 Å². The number of aryl methyl sites for hydroxylation is 1. The molecule has 3 N–H and O–H groups in total. The normalized spacial score (nSPS) is 9.85. The Balaban J connectivity index is 2.26. The van der Waals surface area contributed by atoms with Crippen LogP contribution in [0.25, 0.3) is 0 Å². The number of rotatable bonds is 7. The van der Waals surface area contributed by atoms with Gasteiger partial charge in [-0.25, -0.2) is 4.79 Å². The highest BCUT2D eigenvalue weighted by atomic mass is 16.4. The molecular weight excluding hydrogens is 260 g/mol. The first-order valence-corrected chi connectivity index (χ1v) is 6.32. The van der Waals surface area contributed by atoms with Crippen LogP contribution in [0.15, 0.2) is 24.3 Å². The van der Waals surface area contributed by atoms with E-state index >= 15 is 0 Å². The fraction of sp³-hybridized carbons (Fsp3) is 0.357. The van der Waals surface area contributed by atoms with Crippen molar-refractivity contribution in [2.45, 2.75) is 26.2 Å². The molecule has 2 amide bonds. The first-order chi connectivity index (χ1) is 9.47. The third kappa shape index (κ3) is 6.53. The van der Waals surface area contributed by atoms with Gasteiger partial charge in [0.1, 0.15) is 0 Å². The maximum absolute atomic E-state index is 11.5. The number of carboxylic acid groups (broad SMARTS) is 1. The van der Waals surface area contributed by atoms with Gasteiger partial charge in [-0.3, -0.25) is 9.59 Å². The van der Waals surface area contributed by atoms with Crippen LogP contribution in [-0.2, 0) is 9.59 Å². The second-order valence-corrected chi connectivity index (χ2v) is 4.46. The zero-order chi connectivity index (χ0) is 15.0. The molecule has 0 spiro atoms. The maximum atomic E-state index is 11.5. The SMILES string of the molecule is Cc1cccc(NC(=O)NCC(=O)CCCC(=O)O)c1. The molecule has 1 aromatic carbocycles. The monoisotopic (exact) mass is 278 g/mol. The Morgan fingerprint density at radius 1 is 1.20 bits per heavy atom. The molecule has 0 atom stereocenters. The van der Waals surface area contributed by atoms with Crippen molar-refractivity contribution in [1.82, 2.24) is 5.32 Å². The van der Waals surface area contributed by atoms with Crippen LogP contribution in [0.2, 0.25) is 0 Å². The first kappa shape index (κ1) is 15.7. The minimum atomic E-state index is -0.928. The summed E-state index contributed by atoms with van der Waals surface area (Å²) in [7, 11) is 0. The van der Waals surface area contributed by atoms with Gasteiger partial charge in [0.2, 0.25) is 0 Å². The van der Waals surface area contributed by atoms with Gasteiger partial charge in [-0.1, -0.05) is 12.1 Å². The smallest absolute Gasteiger partial charge is 0.319 e. The Morgan fingerprint density at radius 2 is 1.95 bits per heavy atom. The van der Waals surface area contributed by atoms with Crippen LogP contribution in [-0.4, -0.2) is 29.4 Å². The summed E-state index contributed by atoms with van der Waals surface area (Å²) in [6.45, 7) is 1.81. The van der Waals surface area contributed by atoms with Crippen molar-refractivity contribution in [2.75, 3.05) is 11.9 Å². The summed E-state index contributed by atoms with van der Waals surface area (Å²) in [4.78, 5) is 33.2. The van der Waals surface area contributed by atoms with Gasteiger partial charge >= 0.3 is 12.0 Å². The summed E-state index contributed by atoms with van der Waals surface area (Å²) in [6, 6.07) is 6.84. The third-order valence-electron chi connectivity index (χ3n) is 2.57. The molecule has 0 radical (unpaired) electrons. The maximum Gasteiger partial charge on any atom is 0.319 e. The number of benzene rings is 1. The number of Topliss-reactive ketones (excluding diaryl/α,β-unsaturated/α-hetero) is 1. The number of amides is 2. The summed E-state index contributed by atoms with van der Waals surface area (Å²) >= 11 is 0. The number of ketones is 1. The third-order valence-corrected chi connectivity index (χ3v) is 2.57.